The highest BCUT2D eigenvalue weighted by atomic mass is 32.1. The summed E-state index contributed by atoms with van der Waals surface area (Å²) < 4.78 is 5.35. The van der Waals surface area contributed by atoms with Gasteiger partial charge in [0.25, 0.3) is 0 Å². The lowest BCUT2D eigenvalue weighted by Crippen LogP contribution is -2.25. The van der Waals surface area contributed by atoms with Crippen LogP contribution in [0.25, 0.3) is 11.3 Å². The van der Waals surface area contributed by atoms with E-state index in [1.807, 2.05) is 29.6 Å². The average molecular weight is 262 g/mol. The number of ether oxygens (including phenoxy) is 1. The Morgan fingerprint density at radius 3 is 2.61 bits per heavy atom. The number of anilines is 1. The molecule has 0 aliphatic rings. The zero-order valence-electron chi connectivity index (χ0n) is 11.2. The van der Waals surface area contributed by atoms with E-state index in [2.05, 4.69) is 31.1 Å². The first-order chi connectivity index (χ1) is 8.49. The zero-order chi connectivity index (χ0) is 13.2. The standard InChI is InChI=1S/C14H18N2OS/c1-14(2,3)16-13-15-11(9-18-13)10-7-5-6-8-12(10)17-4/h5-9H,1-4H3,(H,15,16). The number of benzene rings is 1. The molecule has 1 aromatic heterocycles. The first kappa shape index (κ1) is 12.9. The van der Waals surface area contributed by atoms with E-state index in [1.54, 1.807) is 18.4 Å². The van der Waals surface area contributed by atoms with Crippen molar-refractivity contribution in [3.8, 4) is 17.0 Å². The first-order valence-corrected chi connectivity index (χ1v) is 6.75. The largest absolute Gasteiger partial charge is 0.496 e. The molecule has 0 aliphatic carbocycles. The minimum atomic E-state index is 0.0237. The first-order valence-electron chi connectivity index (χ1n) is 5.87. The van der Waals surface area contributed by atoms with Crippen LogP contribution in [-0.4, -0.2) is 17.6 Å². The summed E-state index contributed by atoms with van der Waals surface area (Å²) in [6.45, 7) is 6.37. The second-order valence-corrected chi connectivity index (χ2v) is 5.97. The third-order valence-corrected chi connectivity index (χ3v) is 3.13. The number of nitrogens with one attached hydrogen (secondary N) is 1. The van der Waals surface area contributed by atoms with Crippen LogP contribution in [-0.2, 0) is 0 Å². The van der Waals surface area contributed by atoms with Gasteiger partial charge in [0.15, 0.2) is 5.13 Å². The topological polar surface area (TPSA) is 34.1 Å². The van der Waals surface area contributed by atoms with Crippen LogP contribution in [0.15, 0.2) is 29.6 Å². The van der Waals surface area contributed by atoms with E-state index >= 15 is 0 Å². The predicted octanol–water partition coefficient (Wildman–Crippen LogP) is 4.03. The minimum absolute atomic E-state index is 0.0237. The highest BCUT2D eigenvalue weighted by Gasteiger charge is 2.14. The van der Waals surface area contributed by atoms with Crippen molar-refractivity contribution in [3.05, 3.63) is 29.6 Å². The third kappa shape index (κ3) is 3.01. The van der Waals surface area contributed by atoms with Crippen molar-refractivity contribution >= 4 is 16.5 Å². The molecule has 1 aromatic carbocycles. The van der Waals surface area contributed by atoms with Crippen LogP contribution in [0.5, 0.6) is 5.75 Å². The van der Waals surface area contributed by atoms with Crippen LogP contribution in [0.3, 0.4) is 0 Å². The molecule has 1 N–H and O–H groups in total. The Bertz CT molecular complexity index is 529. The van der Waals surface area contributed by atoms with Crippen molar-refractivity contribution in [2.24, 2.45) is 0 Å². The van der Waals surface area contributed by atoms with Crippen molar-refractivity contribution in [3.63, 3.8) is 0 Å². The van der Waals surface area contributed by atoms with Gasteiger partial charge in [-0.15, -0.1) is 11.3 Å². The third-order valence-electron chi connectivity index (χ3n) is 2.37. The van der Waals surface area contributed by atoms with E-state index < -0.39 is 0 Å². The summed E-state index contributed by atoms with van der Waals surface area (Å²) in [5.74, 6) is 0.852. The molecule has 0 spiro atoms. The maximum atomic E-state index is 5.35. The number of methoxy groups -OCH3 is 1. The van der Waals surface area contributed by atoms with Crippen LogP contribution < -0.4 is 10.1 Å². The van der Waals surface area contributed by atoms with Crippen LogP contribution in [0.1, 0.15) is 20.8 Å². The van der Waals surface area contributed by atoms with Gasteiger partial charge in [0.05, 0.1) is 12.8 Å². The Balaban J connectivity index is 2.29. The van der Waals surface area contributed by atoms with Gasteiger partial charge in [-0.3, -0.25) is 0 Å². The van der Waals surface area contributed by atoms with Gasteiger partial charge in [0.1, 0.15) is 5.75 Å². The zero-order valence-corrected chi connectivity index (χ0v) is 12.0. The summed E-state index contributed by atoms with van der Waals surface area (Å²) in [4.78, 5) is 4.60. The van der Waals surface area contributed by atoms with Gasteiger partial charge in [-0.05, 0) is 32.9 Å². The Kier molecular flexibility index (Phi) is 3.57. The number of aromatic nitrogens is 1. The SMILES string of the molecule is COc1ccccc1-c1csc(NC(C)(C)C)n1. The normalized spacial score (nSPS) is 11.3. The second kappa shape index (κ2) is 4.98. The quantitative estimate of drug-likeness (QED) is 0.906. The van der Waals surface area contributed by atoms with Crippen molar-refractivity contribution in [2.45, 2.75) is 26.3 Å². The van der Waals surface area contributed by atoms with E-state index in [1.165, 1.54) is 0 Å². The summed E-state index contributed by atoms with van der Waals surface area (Å²) in [5, 5.41) is 6.36. The summed E-state index contributed by atoms with van der Waals surface area (Å²) in [6.07, 6.45) is 0. The Morgan fingerprint density at radius 2 is 1.94 bits per heavy atom. The molecule has 18 heavy (non-hydrogen) atoms. The van der Waals surface area contributed by atoms with Gasteiger partial charge in [-0.25, -0.2) is 4.98 Å². The van der Waals surface area contributed by atoms with Gasteiger partial charge in [0.2, 0.25) is 0 Å². The van der Waals surface area contributed by atoms with E-state index in [9.17, 15) is 0 Å². The molecule has 96 valence electrons. The van der Waals surface area contributed by atoms with Gasteiger partial charge >= 0.3 is 0 Å². The van der Waals surface area contributed by atoms with Crippen molar-refractivity contribution in [1.82, 2.24) is 4.98 Å². The van der Waals surface area contributed by atoms with Crippen LogP contribution in [0.2, 0.25) is 0 Å². The number of para-hydroxylation sites is 1. The molecule has 2 rings (SSSR count). The molecular weight excluding hydrogens is 244 g/mol. The van der Waals surface area contributed by atoms with E-state index in [0.717, 1.165) is 22.1 Å². The molecule has 0 saturated heterocycles. The Morgan fingerprint density at radius 1 is 1.22 bits per heavy atom. The molecule has 0 aliphatic heterocycles. The van der Waals surface area contributed by atoms with Crippen LogP contribution in [0, 0.1) is 0 Å². The van der Waals surface area contributed by atoms with Gasteiger partial charge in [-0.1, -0.05) is 12.1 Å². The smallest absolute Gasteiger partial charge is 0.183 e. The molecule has 0 amide bonds. The van der Waals surface area contributed by atoms with E-state index in [4.69, 9.17) is 4.74 Å². The maximum Gasteiger partial charge on any atom is 0.183 e. The molecule has 3 nitrogen and oxygen atoms in total. The molecule has 0 bridgehead atoms. The molecule has 0 atom stereocenters. The fourth-order valence-electron chi connectivity index (χ4n) is 1.63. The van der Waals surface area contributed by atoms with Gasteiger partial charge in [-0.2, -0.15) is 0 Å². The number of nitrogens with zero attached hydrogens (tertiary/aromatic N) is 1. The van der Waals surface area contributed by atoms with Crippen molar-refractivity contribution < 1.29 is 4.74 Å². The summed E-state index contributed by atoms with van der Waals surface area (Å²) in [7, 11) is 1.68. The molecule has 0 fully saturated rings. The average Bonchev–Trinajstić information content (AvgIpc) is 2.75. The molecule has 4 heteroatoms. The summed E-state index contributed by atoms with van der Waals surface area (Å²) in [6, 6.07) is 7.93. The monoisotopic (exact) mass is 262 g/mol. The number of hydrogen-bond acceptors (Lipinski definition) is 4. The molecule has 0 unspecified atom stereocenters. The predicted molar refractivity (Wildman–Crippen MR) is 77.5 cm³/mol. The minimum Gasteiger partial charge on any atom is -0.496 e. The molecule has 1 heterocycles. The molecule has 2 aromatic rings. The van der Waals surface area contributed by atoms with Crippen molar-refractivity contribution in [2.75, 3.05) is 12.4 Å². The highest BCUT2D eigenvalue weighted by molar-refractivity contribution is 7.14. The number of thiazole rings is 1. The fraction of sp³-hybridized carbons (Fsp3) is 0.357. The van der Waals surface area contributed by atoms with Gasteiger partial charge in [0, 0.05) is 16.5 Å². The molecule has 0 radical (unpaired) electrons. The molecular formula is C14H18N2OS. The van der Waals surface area contributed by atoms with Crippen molar-refractivity contribution in [1.29, 1.82) is 0 Å². The van der Waals surface area contributed by atoms with E-state index in [0.29, 0.717) is 0 Å². The second-order valence-electron chi connectivity index (χ2n) is 5.11. The Labute approximate surface area is 112 Å². The van der Waals surface area contributed by atoms with Crippen LogP contribution in [0.4, 0.5) is 5.13 Å². The van der Waals surface area contributed by atoms with Crippen LogP contribution >= 0.6 is 11.3 Å². The lowest BCUT2D eigenvalue weighted by molar-refractivity contribution is 0.416. The lowest BCUT2D eigenvalue weighted by atomic mass is 10.1. The highest BCUT2D eigenvalue weighted by Crippen LogP contribution is 2.32. The summed E-state index contributed by atoms with van der Waals surface area (Å²) in [5.41, 5.74) is 2.00. The lowest BCUT2D eigenvalue weighted by Gasteiger charge is -2.19. The van der Waals surface area contributed by atoms with E-state index in [-0.39, 0.29) is 5.54 Å². The number of rotatable bonds is 3. The number of hydrogen-bond donors (Lipinski definition) is 1. The van der Waals surface area contributed by atoms with Gasteiger partial charge < -0.3 is 10.1 Å². The Hall–Kier alpha value is -1.55. The summed E-state index contributed by atoms with van der Waals surface area (Å²) >= 11 is 1.61. The molecule has 0 saturated carbocycles. The fourth-order valence-corrected chi connectivity index (χ4v) is 2.55. The maximum absolute atomic E-state index is 5.35.